The predicted molar refractivity (Wildman–Crippen MR) is 119 cm³/mol. The van der Waals surface area contributed by atoms with Crippen LogP contribution in [0, 0.1) is 0 Å². The molecule has 0 saturated heterocycles. The molecule has 29 heavy (non-hydrogen) atoms. The maximum Gasteiger partial charge on any atom is 0.0963 e. The van der Waals surface area contributed by atoms with Gasteiger partial charge in [0.25, 0.3) is 0 Å². The van der Waals surface area contributed by atoms with Crippen molar-refractivity contribution in [2.24, 2.45) is 0 Å². The Labute approximate surface area is 174 Å². The number of hydrogen-bond donors (Lipinski definition) is 0. The fraction of sp³-hybridized carbons (Fsp3) is 0.400. The van der Waals surface area contributed by atoms with Gasteiger partial charge in [-0.3, -0.25) is 0 Å². The predicted octanol–water partition coefficient (Wildman–Crippen LogP) is 5.83. The summed E-state index contributed by atoms with van der Waals surface area (Å²) in [6.45, 7) is 6.19. The van der Waals surface area contributed by atoms with Gasteiger partial charge in [-0.25, -0.2) is 4.98 Å². The zero-order chi connectivity index (χ0) is 20.2. The number of unbranched alkanes of at least 4 members (excludes halogenated alkanes) is 2. The summed E-state index contributed by atoms with van der Waals surface area (Å²) in [5.74, 6) is 0. The summed E-state index contributed by atoms with van der Waals surface area (Å²) in [6.07, 6.45) is 6.32. The maximum absolute atomic E-state index is 5.69. The Morgan fingerprint density at radius 1 is 0.724 bits per heavy atom. The molecule has 3 rings (SSSR count). The van der Waals surface area contributed by atoms with E-state index in [0.717, 1.165) is 69.9 Å². The van der Waals surface area contributed by atoms with E-state index in [1.165, 1.54) is 11.3 Å². The van der Waals surface area contributed by atoms with Crippen molar-refractivity contribution in [3.8, 4) is 22.5 Å². The molecule has 0 aliphatic carbocycles. The van der Waals surface area contributed by atoms with E-state index in [1.54, 1.807) is 0 Å². The molecule has 0 aliphatic heterocycles. The summed E-state index contributed by atoms with van der Waals surface area (Å²) in [5, 5.41) is 0. The Morgan fingerprint density at radius 3 is 2.10 bits per heavy atom. The molecule has 154 valence electrons. The molecule has 0 radical (unpaired) electrons. The normalized spacial score (nSPS) is 11.1. The van der Waals surface area contributed by atoms with Gasteiger partial charge in [-0.05, 0) is 32.6 Å². The van der Waals surface area contributed by atoms with Gasteiger partial charge < -0.3 is 14.0 Å². The number of ether oxygens (including phenoxy) is 2. The van der Waals surface area contributed by atoms with Crippen LogP contribution in [0.1, 0.15) is 32.6 Å². The number of imidazole rings is 1. The standard InChI is InChI=1S/C25H32N2O2/c1-2-28-19-12-20-29-18-11-5-10-17-27-21-26-24(22-13-6-3-7-14-22)25(27)23-15-8-4-9-16-23/h3-4,6-9,13-16,21H,2,5,10-12,17-20H2,1H3. The summed E-state index contributed by atoms with van der Waals surface area (Å²) >= 11 is 0. The molecule has 1 aromatic heterocycles. The van der Waals surface area contributed by atoms with Gasteiger partial charge in [-0.2, -0.15) is 0 Å². The largest absolute Gasteiger partial charge is 0.382 e. The first-order chi connectivity index (χ1) is 14.4. The van der Waals surface area contributed by atoms with Crippen LogP contribution in [0.25, 0.3) is 22.5 Å². The molecule has 0 bridgehead atoms. The fourth-order valence-corrected chi connectivity index (χ4v) is 3.43. The molecular weight excluding hydrogens is 360 g/mol. The van der Waals surface area contributed by atoms with Crippen LogP contribution in [0.15, 0.2) is 67.0 Å². The molecule has 3 aromatic rings. The molecule has 1 heterocycles. The number of rotatable bonds is 13. The maximum atomic E-state index is 5.69. The summed E-state index contributed by atoms with van der Waals surface area (Å²) in [7, 11) is 0. The Balaban J connectivity index is 1.54. The summed E-state index contributed by atoms with van der Waals surface area (Å²) in [4.78, 5) is 4.75. The van der Waals surface area contributed by atoms with Gasteiger partial charge in [0.2, 0.25) is 0 Å². The molecule has 0 fully saturated rings. The second kappa shape index (κ2) is 12.2. The van der Waals surface area contributed by atoms with Crippen LogP contribution in [-0.4, -0.2) is 36.0 Å². The lowest BCUT2D eigenvalue weighted by molar-refractivity contribution is 0.0860. The molecule has 0 atom stereocenters. The van der Waals surface area contributed by atoms with E-state index in [9.17, 15) is 0 Å². The number of aromatic nitrogens is 2. The Hall–Kier alpha value is -2.43. The zero-order valence-corrected chi connectivity index (χ0v) is 17.4. The van der Waals surface area contributed by atoms with E-state index in [-0.39, 0.29) is 0 Å². The number of benzene rings is 2. The zero-order valence-electron chi connectivity index (χ0n) is 17.4. The molecule has 0 spiro atoms. The van der Waals surface area contributed by atoms with Crippen molar-refractivity contribution >= 4 is 0 Å². The topological polar surface area (TPSA) is 36.3 Å². The average molecular weight is 393 g/mol. The first kappa shape index (κ1) is 21.3. The molecular formula is C25H32N2O2. The van der Waals surface area contributed by atoms with E-state index in [4.69, 9.17) is 14.5 Å². The number of hydrogen-bond acceptors (Lipinski definition) is 3. The van der Waals surface area contributed by atoms with Crippen molar-refractivity contribution in [1.29, 1.82) is 0 Å². The molecule has 4 nitrogen and oxygen atoms in total. The average Bonchev–Trinajstić information content (AvgIpc) is 3.20. The number of aryl methyl sites for hydroxylation is 1. The van der Waals surface area contributed by atoms with Crippen LogP contribution >= 0.6 is 0 Å². The Bertz CT molecular complexity index is 815. The van der Waals surface area contributed by atoms with Gasteiger partial charge in [-0.15, -0.1) is 0 Å². The van der Waals surface area contributed by atoms with Crippen molar-refractivity contribution in [3.05, 3.63) is 67.0 Å². The van der Waals surface area contributed by atoms with Gasteiger partial charge in [0, 0.05) is 44.1 Å². The molecule has 2 aromatic carbocycles. The van der Waals surface area contributed by atoms with Crippen molar-refractivity contribution in [2.75, 3.05) is 26.4 Å². The highest BCUT2D eigenvalue weighted by Crippen LogP contribution is 2.31. The second-order valence-corrected chi connectivity index (χ2v) is 7.09. The molecule has 0 unspecified atom stereocenters. The minimum Gasteiger partial charge on any atom is -0.382 e. The third-order valence-corrected chi connectivity index (χ3v) is 4.90. The van der Waals surface area contributed by atoms with Gasteiger partial charge in [0.15, 0.2) is 0 Å². The van der Waals surface area contributed by atoms with Crippen molar-refractivity contribution in [2.45, 2.75) is 39.2 Å². The fourth-order valence-electron chi connectivity index (χ4n) is 3.43. The van der Waals surface area contributed by atoms with E-state index < -0.39 is 0 Å². The molecule has 0 saturated carbocycles. The van der Waals surface area contributed by atoms with Crippen molar-refractivity contribution in [3.63, 3.8) is 0 Å². The van der Waals surface area contributed by atoms with Crippen molar-refractivity contribution in [1.82, 2.24) is 9.55 Å². The first-order valence-corrected chi connectivity index (χ1v) is 10.7. The van der Waals surface area contributed by atoms with E-state index >= 15 is 0 Å². The highest BCUT2D eigenvalue weighted by Gasteiger charge is 2.14. The molecule has 0 aliphatic rings. The summed E-state index contributed by atoms with van der Waals surface area (Å²) in [6, 6.07) is 21.0. The lowest BCUT2D eigenvalue weighted by Crippen LogP contribution is -2.03. The Morgan fingerprint density at radius 2 is 1.38 bits per heavy atom. The van der Waals surface area contributed by atoms with Gasteiger partial charge in [0.05, 0.1) is 17.7 Å². The minimum absolute atomic E-state index is 0.783. The van der Waals surface area contributed by atoms with Crippen LogP contribution in [0.2, 0.25) is 0 Å². The molecule has 0 N–H and O–H groups in total. The summed E-state index contributed by atoms with van der Waals surface area (Å²) in [5.41, 5.74) is 4.62. The lowest BCUT2D eigenvalue weighted by atomic mass is 10.0. The lowest BCUT2D eigenvalue weighted by Gasteiger charge is -2.11. The summed E-state index contributed by atoms with van der Waals surface area (Å²) < 4.78 is 13.3. The quantitative estimate of drug-likeness (QED) is 0.343. The van der Waals surface area contributed by atoms with E-state index in [2.05, 4.69) is 59.2 Å². The highest BCUT2D eigenvalue weighted by molar-refractivity contribution is 5.78. The highest BCUT2D eigenvalue weighted by atomic mass is 16.5. The van der Waals surface area contributed by atoms with Gasteiger partial charge in [-0.1, -0.05) is 60.7 Å². The molecule has 0 amide bonds. The monoisotopic (exact) mass is 392 g/mol. The molecule has 4 heteroatoms. The third-order valence-electron chi connectivity index (χ3n) is 4.90. The minimum atomic E-state index is 0.783. The van der Waals surface area contributed by atoms with E-state index in [1.807, 2.05) is 19.3 Å². The van der Waals surface area contributed by atoms with Crippen LogP contribution in [0.4, 0.5) is 0 Å². The van der Waals surface area contributed by atoms with Gasteiger partial charge in [0.1, 0.15) is 0 Å². The third kappa shape index (κ3) is 6.55. The van der Waals surface area contributed by atoms with Crippen LogP contribution < -0.4 is 0 Å². The van der Waals surface area contributed by atoms with Crippen molar-refractivity contribution < 1.29 is 9.47 Å². The first-order valence-electron chi connectivity index (χ1n) is 10.7. The van der Waals surface area contributed by atoms with Gasteiger partial charge >= 0.3 is 0 Å². The van der Waals surface area contributed by atoms with Crippen LogP contribution in [0.3, 0.4) is 0 Å². The number of nitrogens with zero attached hydrogens (tertiary/aromatic N) is 2. The SMILES string of the molecule is CCOCCCOCCCCCn1cnc(-c2ccccc2)c1-c1ccccc1. The van der Waals surface area contributed by atoms with E-state index in [0.29, 0.717) is 0 Å². The second-order valence-electron chi connectivity index (χ2n) is 7.09. The Kier molecular flexibility index (Phi) is 8.95. The van der Waals surface area contributed by atoms with Crippen LogP contribution in [-0.2, 0) is 16.0 Å². The smallest absolute Gasteiger partial charge is 0.0963 e. The van der Waals surface area contributed by atoms with Crippen LogP contribution in [0.5, 0.6) is 0 Å².